The normalized spacial score (nSPS) is 12.7. The molecule has 0 radical (unpaired) electrons. The van der Waals surface area contributed by atoms with Crippen LogP contribution < -0.4 is 0 Å². The Bertz CT molecular complexity index is 588. The number of nitrogens with zero attached hydrogens (tertiary/aromatic N) is 2. The largest absolute Gasteiger partial charge is 0.382 e. The Hall–Kier alpha value is -0.910. The number of aryl methyl sites for hydroxylation is 1. The molecule has 1 atom stereocenters. The SMILES string of the molecule is CCCn1ncc(Br)c1C(O)c1cc(Cl)ccc1F. The highest BCUT2D eigenvalue weighted by Crippen LogP contribution is 2.31. The molecule has 19 heavy (non-hydrogen) atoms. The minimum Gasteiger partial charge on any atom is -0.382 e. The van der Waals surface area contributed by atoms with Crippen molar-refractivity contribution in [1.82, 2.24) is 9.78 Å². The van der Waals surface area contributed by atoms with Crippen molar-refractivity contribution in [3.8, 4) is 0 Å². The monoisotopic (exact) mass is 346 g/mol. The Labute approximate surface area is 124 Å². The first-order valence-electron chi connectivity index (χ1n) is 5.88. The molecule has 0 amide bonds. The Balaban J connectivity index is 2.46. The van der Waals surface area contributed by atoms with E-state index >= 15 is 0 Å². The van der Waals surface area contributed by atoms with Gasteiger partial charge in [0, 0.05) is 17.1 Å². The van der Waals surface area contributed by atoms with Crippen LogP contribution in [0.4, 0.5) is 4.39 Å². The Kier molecular flexibility index (Phi) is 4.60. The number of halogens is 3. The van der Waals surface area contributed by atoms with Gasteiger partial charge in [-0.3, -0.25) is 4.68 Å². The van der Waals surface area contributed by atoms with Gasteiger partial charge in [-0.1, -0.05) is 18.5 Å². The van der Waals surface area contributed by atoms with E-state index in [0.717, 1.165) is 6.42 Å². The predicted octanol–water partition coefficient (Wildman–Crippen LogP) is 3.93. The summed E-state index contributed by atoms with van der Waals surface area (Å²) in [7, 11) is 0. The summed E-state index contributed by atoms with van der Waals surface area (Å²) >= 11 is 9.18. The van der Waals surface area contributed by atoms with Gasteiger partial charge in [-0.05, 0) is 40.5 Å². The van der Waals surface area contributed by atoms with E-state index in [0.29, 0.717) is 21.7 Å². The highest BCUT2D eigenvalue weighted by Gasteiger charge is 2.22. The molecule has 0 saturated carbocycles. The fourth-order valence-corrected chi connectivity index (χ4v) is 2.60. The standard InChI is InChI=1S/C13H13BrClFN2O/c1-2-5-18-12(10(14)7-17-18)13(19)9-6-8(15)3-4-11(9)16/h3-4,6-7,13,19H,2,5H2,1H3. The zero-order chi connectivity index (χ0) is 14.0. The van der Waals surface area contributed by atoms with Gasteiger partial charge < -0.3 is 5.11 Å². The van der Waals surface area contributed by atoms with Crippen LogP contribution in [-0.2, 0) is 6.54 Å². The lowest BCUT2D eigenvalue weighted by atomic mass is 10.1. The van der Waals surface area contributed by atoms with E-state index < -0.39 is 11.9 Å². The van der Waals surface area contributed by atoms with Crippen molar-refractivity contribution in [2.24, 2.45) is 0 Å². The third-order valence-electron chi connectivity index (χ3n) is 2.78. The number of rotatable bonds is 4. The van der Waals surface area contributed by atoms with Crippen LogP contribution in [-0.4, -0.2) is 14.9 Å². The molecule has 102 valence electrons. The van der Waals surface area contributed by atoms with Gasteiger partial charge in [0.1, 0.15) is 11.9 Å². The van der Waals surface area contributed by atoms with Crippen LogP contribution in [0.3, 0.4) is 0 Å². The van der Waals surface area contributed by atoms with Crippen LogP contribution in [0.2, 0.25) is 5.02 Å². The molecule has 2 rings (SSSR count). The summed E-state index contributed by atoms with van der Waals surface area (Å²) < 4.78 is 16.1. The van der Waals surface area contributed by atoms with Gasteiger partial charge in [-0.2, -0.15) is 5.10 Å². The number of benzene rings is 1. The summed E-state index contributed by atoms with van der Waals surface area (Å²) in [5, 5.41) is 14.9. The number of aromatic nitrogens is 2. The molecule has 1 unspecified atom stereocenters. The van der Waals surface area contributed by atoms with E-state index in [-0.39, 0.29) is 5.56 Å². The van der Waals surface area contributed by atoms with Crippen LogP contribution >= 0.6 is 27.5 Å². The lowest BCUT2D eigenvalue weighted by Crippen LogP contribution is -2.12. The highest BCUT2D eigenvalue weighted by atomic mass is 79.9. The van der Waals surface area contributed by atoms with E-state index in [1.165, 1.54) is 18.2 Å². The fraction of sp³-hybridized carbons (Fsp3) is 0.308. The molecule has 1 aromatic heterocycles. The molecule has 0 aliphatic heterocycles. The van der Waals surface area contributed by atoms with Crippen LogP contribution in [0.15, 0.2) is 28.9 Å². The molecule has 1 N–H and O–H groups in total. The smallest absolute Gasteiger partial charge is 0.129 e. The molecule has 1 aromatic carbocycles. The second kappa shape index (κ2) is 6.03. The number of aliphatic hydroxyl groups excluding tert-OH is 1. The van der Waals surface area contributed by atoms with Gasteiger partial charge >= 0.3 is 0 Å². The number of hydrogen-bond acceptors (Lipinski definition) is 2. The molecule has 1 heterocycles. The van der Waals surface area contributed by atoms with Gasteiger partial charge in [0.25, 0.3) is 0 Å². The highest BCUT2D eigenvalue weighted by molar-refractivity contribution is 9.10. The summed E-state index contributed by atoms with van der Waals surface area (Å²) in [6.07, 6.45) is 1.35. The zero-order valence-corrected chi connectivity index (χ0v) is 12.6. The summed E-state index contributed by atoms with van der Waals surface area (Å²) in [6.45, 7) is 2.66. The Morgan fingerprint density at radius 2 is 2.26 bits per heavy atom. The topological polar surface area (TPSA) is 38.0 Å². The van der Waals surface area contributed by atoms with Crippen LogP contribution in [0.25, 0.3) is 0 Å². The van der Waals surface area contributed by atoms with Crippen molar-refractivity contribution < 1.29 is 9.50 Å². The molecule has 0 saturated heterocycles. The Morgan fingerprint density at radius 1 is 1.53 bits per heavy atom. The van der Waals surface area contributed by atoms with Gasteiger partial charge in [-0.15, -0.1) is 0 Å². The van der Waals surface area contributed by atoms with Gasteiger partial charge in [-0.25, -0.2) is 4.39 Å². The molecule has 0 aliphatic rings. The van der Waals surface area contributed by atoms with Crippen LogP contribution in [0, 0.1) is 5.82 Å². The molecule has 2 aromatic rings. The van der Waals surface area contributed by atoms with Crippen LogP contribution in [0.1, 0.15) is 30.7 Å². The second-order valence-corrected chi connectivity index (χ2v) is 5.46. The van der Waals surface area contributed by atoms with Gasteiger partial charge in [0.15, 0.2) is 0 Å². The van der Waals surface area contributed by atoms with E-state index in [2.05, 4.69) is 21.0 Å². The predicted molar refractivity (Wildman–Crippen MR) is 75.7 cm³/mol. The molecule has 0 fully saturated rings. The average molecular weight is 348 g/mol. The number of hydrogen-bond donors (Lipinski definition) is 1. The van der Waals surface area contributed by atoms with Crippen LogP contribution in [0.5, 0.6) is 0 Å². The molecule has 0 spiro atoms. The van der Waals surface area contributed by atoms with Crippen molar-refractivity contribution >= 4 is 27.5 Å². The lowest BCUT2D eigenvalue weighted by Gasteiger charge is -2.15. The summed E-state index contributed by atoms with van der Waals surface area (Å²) in [6, 6.07) is 4.12. The van der Waals surface area contributed by atoms with Gasteiger partial charge in [0.2, 0.25) is 0 Å². The first kappa shape index (κ1) is 14.5. The second-order valence-electron chi connectivity index (χ2n) is 4.17. The average Bonchev–Trinajstić information content (AvgIpc) is 2.73. The third-order valence-corrected chi connectivity index (χ3v) is 3.63. The first-order chi connectivity index (χ1) is 9.04. The zero-order valence-electron chi connectivity index (χ0n) is 10.3. The maximum atomic E-state index is 13.8. The van der Waals surface area contributed by atoms with E-state index in [1.807, 2.05) is 6.92 Å². The number of aliphatic hydroxyl groups is 1. The Morgan fingerprint density at radius 3 is 2.95 bits per heavy atom. The minimum absolute atomic E-state index is 0.144. The van der Waals surface area contributed by atoms with Crippen molar-refractivity contribution in [2.75, 3.05) is 0 Å². The van der Waals surface area contributed by atoms with E-state index in [4.69, 9.17) is 11.6 Å². The maximum Gasteiger partial charge on any atom is 0.129 e. The maximum absolute atomic E-state index is 13.8. The van der Waals surface area contributed by atoms with Crippen molar-refractivity contribution in [3.05, 3.63) is 51.0 Å². The quantitative estimate of drug-likeness (QED) is 0.910. The van der Waals surface area contributed by atoms with E-state index in [9.17, 15) is 9.50 Å². The molecule has 0 aliphatic carbocycles. The molecule has 3 nitrogen and oxygen atoms in total. The summed E-state index contributed by atoms with van der Waals surface area (Å²) in [5.41, 5.74) is 0.675. The summed E-state index contributed by atoms with van der Waals surface area (Å²) in [5.74, 6) is -0.493. The first-order valence-corrected chi connectivity index (χ1v) is 7.06. The third kappa shape index (κ3) is 2.99. The lowest BCUT2D eigenvalue weighted by molar-refractivity contribution is 0.201. The summed E-state index contributed by atoms with van der Waals surface area (Å²) in [4.78, 5) is 0. The van der Waals surface area contributed by atoms with Crippen molar-refractivity contribution in [3.63, 3.8) is 0 Å². The molecule has 6 heteroatoms. The van der Waals surface area contributed by atoms with Crippen molar-refractivity contribution in [1.29, 1.82) is 0 Å². The minimum atomic E-state index is -1.11. The van der Waals surface area contributed by atoms with Crippen molar-refractivity contribution in [2.45, 2.75) is 26.0 Å². The van der Waals surface area contributed by atoms with Gasteiger partial charge in [0.05, 0.1) is 16.4 Å². The molecule has 0 bridgehead atoms. The van der Waals surface area contributed by atoms with E-state index in [1.54, 1.807) is 10.9 Å². The molecular formula is C13H13BrClFN2O. The molecular weight excluding hydrogens is 335 g/mol. The fourth-order valence-electron chi connectivity index (χ4n) is 1.91.